The van der Waals surface area contributed by atoms with Gasteiger partial charge in [0.15, 0.2) is 11.5 Å². The van der Waals surface area contributed by atoms with Crippen molar-refractivity contribution >= 4 is 17.0 Å². The Balaban J connectivity index is 1.46. The molecule has 2 aliphatic carbocycles. The Morgan fingerprint density at radius 3 is 2.24 bits per heavy atom. The molecule has 0 radical (unpaired) electrons. The van der Waals surface area contributed by atoms with Crippen LogP contribution < -0.4 is 10.9 Å². The third-order valence-electron chi connectivity index (χ3n) is 7.67. The molecule has 2 aliphatic rings. The Kier molecular flexibility index (Phi) is 7.21. The summed E-state index contributed by atoms with van der Waals surface area (Å²) in [5.41, 5.74) is 2.82. The normalized spacial score (nSPS) is 17.8. The predicted octanol–water partition coefficient (Wildman–Crippen LogP) is 6.56. The van der Waals surface area contributed by atoms with E-state index in [1.165, 1.54) is 63.5 Å². The van der Waals surface area contributed by atoms with Gasteiger partial charge in [0.25, 0.3) is 5.56 Å². The van der Waals surface area contributed by atoms with E-state index in [1.54, 1.807) is 12.1 Å². The van der Waals surface area contributed by atoms with E-state index in [9.17, 15) is 9.18 Å². The number of rotatable bonds is 7. The molecule has 5 rings (SSSR count). The molecule has 34 heavy (non-hydrogen) atoms. The van der Waals surface area contributed by atoms with E-state index >= 15 is 0 Å². The molecule has 0 amide bonds. The lowest BCUT2D eigenvalue weighted by atomic mass is 9.87. The van der Waals surface area contributed by atoms with Crippen molar-refractivity contribution in [3.63, 3.8) is 0 Å². The maximum Gasteiger partial charge on any atom is 0.294 e. The highest BCUT2D eigenvalue weighted by atomic mass is 19.1. The van der Waals surface area contributed by atoms with Gasteiger partial charge in [0.1, 0.15) is 11.3 Å². The van der Waals surface area contributed by atoms with E-state index in [0.29, 0.717) is 23.9 Å². The van der Waals surface area contributed by atoms with E-state index < -0.39 is 0 Å². The molecule has 1 N–H and O–H groups in total. The Hall–Kier alpha value is -2.76. The zero-order valence-electron chi connectivity index (χ0n) is 19.9. The summed E-state index contributed by atoms with van der Waals surface area (Å²) in [6.07, 6.45) is 13.7. The Morgan fingerprint density at radius 2 is 1.53 bits per heavy atom. The van der Waals surface area contributed by atoms with Crippen molar-refractivity contribution in [2.45, 2.75) is 77.2 Å². The third kappa shape index (κ3) is 5.31. The lowest BCUT2D eigenvalue weighted by Crippen LogP contribution is -2.30. The van der Waals surface area contributed by atoms with Gasteiger partial charge in [-0.3, -0.25) is 9.36 Å². The molecule has 180 valence electrons. The second kappa shape index (κ2) is 10.7. The molecule has 2 aromatic heterocycles. The largest absolute Gasteiger partial charge is 0.365 e. The molecule has 0 bridgehead atoms. The standard InChI is InChI=1S/C28H35FN4O/c29-23-13-11-22(12-14-23)24-15-16-25-27(32-24)33(19-21-9-5-2-6-10-21)28(34)26(31-25)30-18-17-20-7-3-1-4-8-20/h11-16,20-21H,1-10,17-19H2,(H,30,31). The molecule has 6 heteroatoms. The van der Waals surface area contributed by atoms with Crippen LogP contribution in [0.15, 0.2) is 41.2 Å². The molecule has 0 unspecified atom stereocenters. The highest BCUT2D eigenvalue weighted by molar-refractivity contribution is 5.76. The number of anilines is 1. The molecule has 3 aromatic rings. The summed E-state index contributed by atoms with van der Waals surface area (Å²) in [5, 5.41) is 3.37. The van der Waals surface area contributed by atoms with Crippen LogP contribution in [0.5, 0.6) is 0 Å². The van der Waals surface area contributed by atoms with Gasteiger partial charge in [-0.25, -0.2) is 14.4 Å². The van der Waals surface area contributed by atoms with Gasteiger partial charge in [-0.05, 0) is 67.5 Å². The van der Waals surface area contributed by atoms with Crippen LogP contribution in [0.3, 0.4) is 0 Å². The van der Waals surface area contributed by atoms with Crippen LogP contribution in [0.4, 0.5) is 10.2 Å². The van der Waals surface area contributed by atoms with Crippen molar-refractivity contribution in [2.24, 2.45) is 11.8 Å². The second-order valence-corrected chi connectivity index (χ2v) is 10.1. The van der Waals surface area contributed by atoms with Crippen LogP contribution in [0, 0.1) is 17.7 Å². The maximum absolute atomic E-state index is 13.6. The quantitative estimate of drug-likeness (QED) is 0.432. The summed E-state index contributed by atoms with van der Waals surface area (Å²) >= 11 is 0. The highest BCUT2D eigenvalue weighted by Crippen LogP contribution is 2.28. The van der Waals surface area contributed by atoms with Gasteiger partial charge < -0.3 is 5.32 Å². The predicted molar refractivity (Wildman–Crippen MR) is 135 cm³/mol. The number of aromatic nitrogens is 3. The van der Waals surface area contributed by atoms with Crippen LogP contribution in [0.1, 0.15) is 70.6 Å². The molecule has 5 nitrogen and oxygen atoms in total. The van der Waals surface area contributed by atoms with Gasteiger partial charge in [-0.2, -0.15) is 0 Å². The lowest BCUT2D eigenvalue weighted by molar-refractivity contribution is 0.319. The van der Waals surface area contributed by atoms with E-state index in [2.05, 4.69) is 5.32 Å². The molecule has 0 atom stereocenters. The van der Waals surface area contributed by atoms with Gasteiger partial charge >= 0.3 is 0 Å². The van der Waals surface area contributed by atoms with Crippen LogP contribution in [-0.2, 0) is 6.54 Å². The first-order valence-corrected chi connectivity index (χ1v) is 13.1. The number of hydrogen-bond acceptors (Lipinski definition) is 4. The van der Waals surface area contributed by atoms with Gasteiger partial charge in [-0.15, -0.1) is 0 Å². The van der Waals surface area contributed by atoms with E-state index in [-0.39, 0.29) is 11.4 Å². The minimum absolute atomic E-state index is 0.0783. The smallest absolute Gasteiger partial charge is 0.294 e. The van der Waals surface area contributed by atoms with Crippen molar-refractivity contribution in [2.75, 3.05) is 11.9 Å². The van der Waals surface area contributed by atoms with Crippen molar-refractivity contribution in [1.82, 2.24) is 14.5 Å². The lowest BCUT2D eigenvalue weighted by Gasteiger charge is -2.24. The van der Waals surface area contributed by atoms with Gasteiger partial charge in [0, 0.05) is 18.7 Å². The Bertz CT molecular complexity index is 1160. The van der Waals surface area contributed by atoms with Crippen molar-refractivity contribution in [3.8, 4) is 11.3 Å². The Labute approximate surface area is 200 Å². The first kappa shape index (κ1) is 23.0. The third-order valence-corrected chi connectivity index (χ3v) is 7.67. The molecule has 2 fully saturated rings. The second-order valence-electron chi connectivity index (χ2n) is 10.1. The van der Waals surface area contributed by atoms with Gasteiger partial charge in [-0.1, -0.05) is 51.4 Å². The van der Waals surface area contributed by atoms with E-state index in [0.717, 1.165) is 48.5 Å². The average molecular weight is 463 g/mol. The zero-order chi connectivity index (χ0) is 23.3. The fraction of sp³-hybridized carbons (Fsp3) is 0.536. The van der Waals surface area contributed by atoms with Gasteiger partial charge in [0.2, 0.25) is 0 Å². The minimum Gasteiger partial charge on any atom is -0.365 e. The molecular weight excluding hydrogens is 427 g/mol. The van der Waals surface area contributed by atoms with Crippen LogP contribution >= 0.6 is 0 Å². The van der Waals surface area contributed by atoms with Crippen molar-refractivity contribution in [3.05, 3.63) is 52.6 Å². The summed E-state index contributed by atoms with van der Waals surface area (Å²) in [6.45, 7) is 1.46. The molecular formula is C28H35FN4O. The number of fused-ring (bicyclic) bond motifs is 1. The topological polar surface area (TPSA) is 59.8 Å². The van der Waals surface area contributed by atoms with E-state index in [4.69, 9.17) is 9.97 Å². The average Bonchev–Trinajstić information content (AvgIpc) is 2.88. The van der Waals surface area contributed by atoms with Crippen LogP contribution in [0.25, 0.3) is 22.4 Å². The number of hydrogen-bond donors (Lipinski definition) is 1. The summed E-state index contributed by atoms with van der Waals surface area (Å²) in [7, 11) is 0. The molecule has 0 spiro atoms. The monoisotopic (exact) mass is 462 g/mol. The maximum atomic E-state index is 13.6. The Morgan fingerprint density at radius 1 is 0.853 bits per heavy atom. The number of halogens is 1. The zero-order valence-corrected chi connectivity index (χ0v) is 19.9. The highest BCUT2D eigenvalue weighted by Gasteiger charge is 2.20. The SMILES string of the molecule is O=c1c(NCCC2CCCCC2)nc2ccc(-c3ccc(F)cc3)nc2n1CC1CCCCC1. The fourth-order valence-corrected chi connectivity index (χ4v) is 5.68. The summed E-state index contributed by atoms with van der Waals surface area (Å²) in [5.74, 6) is 1.41. The fourth-order valence-electron chi connectivity index (χ4n) is 5.68. The molecule has 2 saturated carbocycles. The van der Waals surface area contributed by atoms with Crippen molar-refractivity contribution in [1.29, 1.82) is 0 Å². The first-order chi connectivity index (χ1) is 16.7. The van der Waals surface area contributed by atoms with E-state index in [1.807, 2.05) is 16.7 Å². The summed E-state index contributed by atoms with van der Waals surface area (Å²) in [6, 6.07) is 10.2. The molecule has 2 heterocycles. The number of pyridine rings is 1. The number of benzene rings is 1. The van der Waals surface area contributed by atoms with Crippen LogP contribution in [0.2, 0.25) is 0 Å². The molecule has 0 saturated heterocycles. The molecule has 1 aromatic carbocycles. The molecule has 0 aliphatic heterocycles. The van der Waals surface area contributed by atoms with Gasteiger partial charge in [0.05, 0.1) is 5.69 Å². The minimum atomic E-state index is -0.274. The van der Waals surface area contributed by atoms with Crippen LogP contribution in [-0.4, -0.2) is 21.1 Å². The summed E-state index contributed by atoms with van der Waals surface area (Å²) < 4.78 is 15.3. The summed E-state index contributed by atoms with van der Waals surface area (Å²) in [4.78, 5) is 23.1. The number of nitrogens with zero attached hydrogens (tertiary/aromatic N) is 3. The first-order valence-electron chi connectivity index (χ1n) is 13.1. The number of nitrogens with one attached hydrogen (secondary N) is 1. The van der Waals surface area contributed by atoms with Crippen molar-refractivity contribution < 1.29 is 4.39 Å².